The van der Waals surface area contributed by atoms with Crippen LogP contribution in [0, 0.1) is 5.95 Å². The third-order valence-electron chi connectivity index (χ3n) is 1.14. The quantitative estimate of drug-likeness (QED) is 0.276. The number of hydrogen-bond donors (Lipinski definition) is 0. The molecule has 5 heteroatoms. The maximum absolute atomic E-state index is 12.6. The Morgan fingerprint density at radius 3 is 3.18 bits per heavy atom. The molecule has 11 heavy (non-hydrogen) atoms. The zero-order valence-electron chi connectivity index (χ0n) is 5.61. The Bertz CT molecular complexity index is 292. The van der Waals surface area contributed by atoms with Crippen molar-refractivity contribution < 1.29 is 4.39 Å². The van der Waals surface area contributed by atoms with Gasteiger partial charge in [-0.25, -0.2) is 4.98 Å². The summed E-state index contributed by atoms with van der Waals surface area (Å²) in [6, 6.07) is 3.11. The van der Waals surface area contributed by atoms with Crippen LogP contribution in [0.1, 0.15) is 5.56 Å². The minimum atomic E-state index is -0.583. The van der Waals surface area contributed by atoms with Crippen molar-refractivity contribution in [3.63, 3.8) is 0 Å². The molecule has 1 rings (SSSR count). The van der Waals surface area contributed by atoms with E-state index in [0.717, 1.165) is 0 Å². The molecule has 1 aromatic heterocycles. The van der Waals surface area contributed by atoms with Gasteiger partial charge in [0.25, 0.3) is 0 Å². The lowest BCUT2D eigenvalue weighted by Gasteiger charge is -1.93. The number of hydrogen-bond acceptors (Lipinski definition) is 2. The minimum Gasteiger partial charge on any atom is -0.228 e. The molecule has 0 aliphatic rings. The number of azide groups is 1. The second-order valence-electron chi connectivity index (χ2n) is 1.84. The largest absolute Gasteiger partial charge is 0.228 e. The van der Waals surface area contributed by atoms with E-state index in [1.807, 2.05) is 0 Å². The van der Waals surface area contributed by atoms with Gasteiger partial charge >= 0.3 is 0 Å². The fourth-order valence-electron chi connectivity index (χ4n) is 0.645. The van der Waals surface area contributed by atoms with Crippen molar-refractivity contribution in [3.8, 4) is 0 Å². The molecule has 0 atom stereocenters. The summed E-state index contributed by atoms with van der Waals surface area (Å²) in [6.45, 7) is 0.0101. The normalized spacial score (nSPS) is 8.82. The van der Waals surface area contributed by atoms with Crippen LogP contribution in [0.15, 0.2) is 23.4 Å². The molecule has 1 aromatic rings. The summed E-state index contributed by atoms with van der Waals surface area (Å²) in [5, 5.41) is 3.20. The number of rotatable bonds is 2. The van der Waals surface area contributed by atoms with E-state index in [0.29, 0.717) is 5.56 Å². The molecule has 4 nitrogen and oxygen atoms in total. The van der Waals surface area contributed by atoms with Crippen molar-refractivity contribution in [2.45, 2.75) is 6.54 Å². The van der Waals surface area contributed by atoms with Crippen LogP contribution in [0.2, 0.25) is 0 Å². The predicted octanol–water partition coefficient (Wildman–Crippen LogP) is 2.03. The summed E-state index contributed by atoms with van der Waals surface area (Å²) in [5.74, 6) is -0.583. The lowest BCUT2D eigenvalue weighted by molar-refractivity contribution is 0.567. The molecule has 0 spiro atoms. The Labute approximate surface area is 62.3 Å². The average Bonchev–Trinajstić information content (AvgIpc) is 2.03. The maximum atomic E-state index is 12.6. The molecule has 0 aliphatic carbocycles. The zero-order valence-corrected chi connectivity index (χ0v) is 5.61. The molecule has 0 N–H and O–H groups in total. The first kappa shape index (κ1) is 7.50. The molecule has 0 saturated heterocycles. The third kappa shape index (κ3) is 1.91. The molecular formula is C6H5FN4. The molecule has 0 fully saturated rings. The standard InChI is InChI=1S/C6H5FN4/c7-6-5(4-10-11-8)2-1-3-9-6/h1-3H,4H2/i7-1. The van der Waals surface area contributed by atoms with Gasteiger partial charge in [-0.2, -0.15) is 4.39 Å². The molecule has 0 amide bonds. The van der Waals surface area contributed by atoms with Crippen LogP contribution < -0.4 is 0 Å². The van der Waals surface area contributed by atoms with Crippen molar-refractivity contribution >= 4 is 0 Å². The van der Waals surface area contributed by atoms with Gasteiger partial charge in [-0.1, -0.05) is 11.2 Å². The minimum absolute atomic E-state index is 0.0101. The zero-order chi connectivity index (χ0) is 8.10. The predicted molar refractivity (Wildman–Crippen MR) is 37.0 cm³/mol. The van der Waals surface area contributed by atoms with Gasteiger partial charge in [0.2, 0.25) is 5.95 Å². The van der Waals surface area contributed by atoms with Crippen LogP contribution in [0.4, 0.5) is 4.39 Å². The molecule has 0 bridgehead atoms. The van der Waals surface area contributed by atoms with Gasteiger partial charge in [-0.3, -0.25) is 0 Å². The topological polar surface area (TPSA) is 61.7 Å². The summed E-state index contributed by atoms with van der Waals surface area (Å²) < 4.78 is 12.6. The number of pyridine rings is 1. The van der Waals surface area contributed by atoms with E-state index >= 15 is 0 Å². The van der Waals surface area contributed by atoms with Crippen LogP contribution in [0.25, 0.3) is 10.4 Å². The lowest BCUT2D eigenvalue weighted by Crippen LogP contribution is -1.89. The van der Waals surface area contributed by atoms with Gasteiger partial charge in [-0.05, 0) is 11.6 Å². The maximum Gasteiger partial charge on any atom is 0.216 e. The molecule has 0 unspecified atom stereocenters. The molecule has 0 aliphatic heterocycles. The van der Waals surface area contributed by atoms with Crippen molar-refractivity contribution in [1.29, 1.82) is 0 Å². The van der Waals surface area contributed by atoms with Crippen molar-refractivity contribution in [3.05, 3.63) is 40.3 Å². The van der Waals surface area contributed by atoms with Gasteiger partial charge in [0, 0.05) is 16.7 Å². The van der Waals surface area contributed by atoms with Gasteiger partial charge in [0.05, 0.1) is 6.54 Å². The third-order valence-corrected chi connectivity index (χ3v) is 1.14. The molecule has 56 valence electrons. The van der Waals surface area contributed by atoms with Crippen LogP contribution in [0.3, 0.4) is 0 Å². The highest BCUT2D eigenvalue weighted by Crippen LogP contribution is 2.03. The first-order valence-corrected chi connectivity index (χ1v) is 2.95. The summed E-state index contributed by atoms with van der Waals surface area (Å²) in [6.07, 6.45) is 1.34. The summed E-state index contributed by atoms with van der Waals surface area (Å²) in [5.41, 5.74) is 8.24. The molecule has 0 saturated carbocycles. The summed E-state index contributed by atoms with van der Waals surface area (Å²) in [4.78, 5) is 5.88. The fraction of sp³-hybridized carbons (Fsp3) is 0.167. The van der Waals surface area contributed by atoms with E-state index in [9.17, 15) is 4.39 Å². The fourth-order valence-corrected chi connectivity index (χ4v) is 0.645. The van der Waals surface area contributed by atoms with Crippen LogP contribution in [-0.4, -0.2) is 4.98 Å². The van der Waals surface area contributed by atoms with E-state index in [1.54, 1.807) is 6.07 Å². The van der Waals surface area contributed by atoms with E-state index in [4.69, 9.17) is 5.53 Å². The van der Waals surface area contributed by atoms with Crippen molar-refractivity contribution in [1.82, 2.24) is 4.98 Å². The van der Waals surface area contributed by atoms with E-state index < -0.39 is 5.95 Å². The van der Waals surface area contributed by atoms with Crippen LogP contribution in [-0.2, 0) is 6.54 Å². The van der Waals surface area contributed by atoms with Crippen molar-refractivity contribution in [2.24, 2.45) is 5.11 Å². The van der Waals surface area contributed by atoms with Gasteiger partial charge in [-0.15, -0.1) is 0 Å². The average molecular weight is 151 g/mol. The van der Waals surface area contributed by atoms with Gasteiger partial charge < -0.3 is 0 Å². The van der Waals surface area contributed by atoms with Gasteiger partial charge in [0.1, 0.15) is 0 Å². The van der Waals surface area contributed by atoms with E-state index in [1.165, 1.54) is 12.3 Å². The highest BCUT2D eigenvalue weighted by molar-refractivity contribution is 5.10. The molecule has 1 heterocycles. The SMILES string of the molecule is [N-]=[N+]=NCc1cccnc1[18F]. The van der Waals surface area contributed by atoms with Gasteiger partial charge in [0.15, 0.2) is 0 Å². The Balaban J connectivity index is 2.85. The van der Waals surface area contributed by atoms with Crippen LogP contribution in [0.5, 0.6) is 0 Å². The highest BCUT2D eigenvalue weighted by Gasteiger charge is 1.98. The monoisotopic (exact) mass is 151 g/mol. The Hall–Kier alpha value is -1.61. The Morgan fingerprint density at radius 1 is 1.73 bits per heavy atom. The van der Waals surface area contributed by atoms with E-state index in [-0.39, 0.29) is 6.54 Å². The smallest absolute Gasteiger partial charge is 0.216 e. The number of nitrogens with zero attached hydrogens (tertiary/aromatic N) is 4. The Kier molecular flexibility index (Phi) is 2.41. The first-order valence-electron chi connectivity index (χ1n) is 2.95. The molecule has 0 aromatic carbocycles. The number of aromatic nitrogens is 1. The number of halogens is 1. The highest BCUT2D eigenvalue weighted by atomic mass is 18.2. The molecule has 0 radical (unpaired) electrons. The second-order valence-corrected chi connectivity index (χ2v) is 1.84. The van der Waals surface area contributed by atoms with Crippen molar-refractivity contribution in [2.75, 3.05) is 0 Å². The second kappa shape index (κ2) is 3.53. The lowest BCUT2D eigenvalue weighted by atomic mass is 10.3. The van der Waals surface area contributed by atoms with E-state index in [2.05, 4.69) is 15.0 Å². The van der Waals surface area contributed by atoms with Crippen LogP contribution >= 0.6 is 0 Å². The first-order chi connectivity index (χ1) is 5.34. The Morgan fingerprint density at radius 2 is 2.55 bits per heavy atom. The molecular weight excluding hydrogens is 146 g/mol. The summed E-state index contributed by atoms with van der Waals surface area (Å²) in [7, 11) is 0. The summed E-state index contributed by atoms with van der Waals surface area (Å²) >= 11 is 0.